The van der Waals surface area contributed by atoms with Crippen LogP contribution in [0.5, 0.6) is 11.5 Å². The van der Waals surface area contributed by atoms with Crippen molar-refractivity contribution in [3.05, 3.63) is 49.2 Å². The first-order valence-corrected chi connectivity index (χ1v) is 6.33. The molecule has 0 spiro atoms. The Bertz CT molecular complexity index is 654. The molecule has 0 fully saturated rings. The van der Waals surface area contributed by atoms with Crippen molar-refractivity contribution in [1.82, 2.24) is 10.2 Å². The van der Waals surface area contributed by atoms with Crippen molar-refractivity contribution in [3.8, 4) is 11.5 Å². The fraction of sp³-hybridized carbons (Fsp3) is 0. The quantitative estimate of drug-likeness (QED) is 0.601. The van der Waals surface area contributed by atoms with Crippen LogP contribution in [-0.4, -0.2) is 15.1 Å². The lowest BCUT2D eigenvalue weighted by Gasteiger charge is -2.07. The van der Waals surface area contributed by atoms with Crippen LogP contribution in [-0.2, 0) is 0 Å². The topological polar surface area (TPSA) is 78.2 Å². The van der Waals surface area contributed by atoms with Gasteiger partial charge in [0.1, 0.15) is 0 Å². The molecule has 2 aromatic rings. The lowest BCUT2D eigenvalue weighted by molar-refractivity contribution is -0.385. The van der Waals surface area contributed by atoms with E-state index < -0.39 is 4.92 Å². The molecule has 0 amide bonds. The van der Waals surface area contributed by atoms with Gasteiger partial charge >= 0.3 is 5.69 Å². The van der Waals surface area contributed by atoms with Gasteiger partial charge < -0.3 is 4.74 Å². The van der Waals surface area contributed by atoms with Crippen molar-refractivity contribution in [2.24, 2.45) is 0 Å². The smallest absolute Gasteiger partial charge is 0.312 e. The molecule has 0 unspecified atom stereocenters. The van der Waals surface area contributed by atoms with Crippen LogP contribution in [0, 0.1) is 10.1 Å². The second kappa shape index (κ2) is 5.68. The third-order valence-electron chi connectivity index (χ3n) is 2.02. The Hall–Kier alpha value is -1.44. The van der Waals surface area contributed by atoms with Gasteiger partial charge in [0.2, 0.25) is 5.75 Å². The summed E-state index contributed by atoms with van der Waals surface area (Å²) in [5.41, 5.74) is -0.210. The minimum absolute atomic E-state index is 0.0270. The Morgan fingerprint density at radius 3 is 2.63 bits per heavy atom. The summed E-state index contributed by atoms with van der Waals surface area (Å²) >= 11 is 14.6. The van der Waals surface area contributed by atoms with Gasteiger partial charge in [-0.25, -0.2) is 0 Å². The SMILES string of the molecule is O=[N+]([O-])c1cc(Br)ccc1Oc1cc(Cl)nnc1Cl. The summed E-state index contributed by atoms with van der Waals surface area (Å²) in [5, 5.41) is 18.0. The number of halogens is 3. The van der Waals surface area contributed by atoms with Gasteiger partial charge in [0, 0.05) is 16.6 Å². The number of aromatic nitrogens is 2. The van der Waals surface area contributed by atoms with E-state index in [2.05, 4.69) is 26.1 Å². The monoisotopic (exact) mass is 363 g/mol. The predicted molar refractivity (Wildman–Crippen MR) is 72.9 cm³/mol. The van der Waals surface area contributed by atoms with Gasteiger partial charge in [0.05, 0.1) is 4.92 Å². The molecule has 1 aromatic carbocycles. The number of hydrogen-bond donors (Lipinski definition) is 0. The van der Waals surface area contributed by atoms with E-state index in [0.29, 0.717) is 4.47 Å². The highest BCUT2D eigenvalue weighted by molar-refractivity contribution is 9.10. The highest BCUT2D eigenvalue weighted by Crippen LogP contribution is 2.36. The molecule has 2 rings (SSSR count). The first-order valence-electron chi connectivity index (χ1n) is 4.78. The summed E-state index contributed by atoms with van der Waals surface area (Å²) in [7, 11) is 0. The lowest BCUT2D eigenvalue weighted by Crippen LogP contribution is -1.95. The number of benzene rings is 1. The second-order valence-corrected chi connectivity index (χ2v) is 4.95. The third-order valence-corrected chi connectivity index (χ3v) is 2.96. The van der Waals surface area contributed by atoms with Crippen LogP contribution in [0.4, 0.5) is 5.69 Å². The van der Waals surface area contributed by atoms with Crippen molar-refractivity contribution in [3.63, 3.8) is 0 Å². The summed E-state index contributed by atoms with van der Waals surface area (Å²) in [6, 6.07) is 5.68. The molecule has 1 aromatic heterocycles. The van der Waals surface area contributed by atoms with E-state index in [1.54, 1.807) is 6.07 Å². The van der Waals surface area contributed by atoms with Crippen molar-refractivity contribution in [2.45, 2.75) is 0 Å². The van der Waals surface area contributed by atoms with Crippen LogP contribution >= 0.6 is 39.1 Å². The number of rotatable bonds is 3. The largest absolute Gasteiger partial charge is 0.447 e. The maximum atomic E-state index is 10.9. The van der Waals surface area contributed by atoms with Crippen molar-refractivity contribution < 1.29 is 9.66 Å². The van der Waals surface area contributed by atoms with Crippen LogP contribution in [0.3, 0.4) is 0 Å². The Kier molecular flexibility index (Phi) is 4.18. The maximum absolute atomic E-state index is 10.9. The number of nitro groups is 1. The molecule has 0 saturated carbocycles. The highest BCUT2D eigenvalue weighted by atomic mass is 79.9. The van der Waals surface area contributed by atoms with Gasteiger partial charge in [-0.2, -0.15) is 0 Å². The molecule has 6 nitrogen and oxygen atoms in total. The molecule has 9 heteroatoms. The Balaban J connectivity index is 2.43. The summed E-state index contributed by atoms with van der Waals surface area (Å²) in [5.74, 6) is 0.117. The maximum Gasteiger partial charge on any atom is 0.312 e. The zero-order valence-electron chi connectivity index (χ0n) is 9.01. The molecule has 1 heterocycles. The van der Waals surface area contributed by atoms with Crippen LogP contribution in [0.15, 0.2) is 28.7 Å². The number of nitrogens with zero attached hydrogens (tertiary/aromatic N) is 3. The molecule has 0 aliphatic rings. The van der Waals surface area contributed by atoms with Crippen molar-refractivity contribution in [1.29, 1.82) is 0 Å². The Morgan fingerprint density at radius 1 is 1.21 bits per heavy atom. The molecular formula is C10H4BrCl2N3O3. The molecule has 98 valence electrons. The fourth-order valence-corrected chi connectivity index (χ4v) is 1.86. The Morgan fingerprint density at radius 2 is 1.95 bits per heavy atom. The normalized spacial score (nSPS) is 10.3. The van der Waals surface area contributed by atoms with Crippen LogP contribution in [0.25, 0.3) is 0 Å². The van der Waals surface area contributed by atoms with E-state index >= 15 is 0 Å². The molecule has 0 aliphatic carbocycles. The minimum Gasteiger partial charge on any atom is -0.447 e. The van der Waals surface area contributed by atoms with E-state index in [1.807, 2.05) is 0 Å². The van der Waals surface area contributed by atoms with Crippen molar-refractivity contribution >= 4 is 44.8 Å². The average Bonchev–Trinajstić information content (AvgIpc) is 2.35. The van der Waals surface area contributed by atoms with E-state index in [4.69, 9.17) is 27.9 Å². The van der Waals surface area contributed by atoms with Gasteiger partial charge in [0.15, 0.2) is 16.1 Å². The Labute approximate surface area is 125 Å². The van der Waals surface area contributed by atoms with E-state index in [-0.39, 0.29) is 27.5 Å². The predicted octanol–water partition coefficient (Wildman–Crippen LogP) is 4.25. The summed E-state index contributed by atoms with van der Waals surface area (Å²) in [6.45, 7) is 0. The summed E-state index contributed by atoms with van der Waals surface area (Å²) < 4.78 is 5.91. The first-order chi connectivity index (χ1) is 8.97. The van der Waals surface area contributed by atoms with Gasteiger partial charge in [-0.05, 0) is 12.1 Å². The zero-order chi connectivity index (χ0) is 14.0. The van der Waals surface area contributed by atoms with Gasteiger partial charge in [-0.3, -0.25) is 10.1 Å². The molecule has 0 radical (unpaired) electrons. The average molecular weight is 365 g/mol. The van der Waals surface area contributed by atoms with E-state index in [1.165, 1.54) is 18.2 Å². The lowest BCUT2D eigenvalue weighted by atomic mass is 10.3. The molecule has 0 atom stereocenters. The van der Waals surface area contributed by atoms with Crippen LogP contribution in [0.1, 0.15) is 0 Å². The molecular weight excluding hydrogens is 361 g/mol. The van der Waals surface area contributed by atoms with Crippen LogP contribution in [0.2, 0.25) is 10.3 Å². The third kappa shape index (κ3) is 3.31. The zero-order valence-corrected chi connectivity index (χ0v) is 12.1. The number of nitro benzene ring substituents is 1. The van der Waals surface area contributed by atoms with E-state index in [9.17, 15) is 10.1 Å². The first kappa shape index (κ1) is 14.0. The van der Waals surface area contributed by atoms with Gasteiger partial charge in [0.25, 0.3) is 0 Å². The fourth-order valence-electron chi connectivity index (χ4n) is 1.25. The summed E-state index contributed by atoms with van der Waals surface area (Å²) in [6.07, 6.45) is 0. The van der Waals surface area contributed by atoms with Crippen molar-refractivity contribution in [2.75, 3.05) is 0 Å². The molecule has 0 aliphatic heterocycles. The van der Waals surface area contributed by atoms with E-state index in [0.717, 1.165) is 0 Å². The molecule has 19 heavy (non-hydrogen) atoms. The second-order valence-electron chi connectivity index (χ2n) is 3.29. The van der Waals surface area contributed by atoms with Gasteiger partial charge in [-0.15, -0.1) is 10.2 Å². The number of ether oxygens (including phenoxy) is 1. The van der Waals surface area contributed by atoms with Gasteiger partial charge in [-0.1, -0.05) is 39.1 Å². The standard InChI is InChI=1S/C10H4BrCl2N3O3/c11-5-1-2-7(6(3-5)16(17)18)19-8-4-9(12)14-15-10(8)13/h1-4H. The molecule has 0 N–H and O–H groups in total. The molecule has 0 bridgehead atoms. The highest BCUT2D eigenvalue weighted by Gasteiger charge is 2.18. The summed E-state index contributed by atoms with van der Waals surface area (Å²) in [4.78, 5) is 10.4. The number of hydrogen-bond acceptors (Lipinski definition) is 5. The van der Waals surface area contributed by atoms with Crippen LogP contribution < -0.4 is 4.74 Å². The minimum atomic E-state index is -0.565. The molecule has 0 saturated heterocycles.